The Morgan fingerprint density at radius 2 is 2.11 bits per heavy atom. The van der Waals surface area contributed by atoms with Crippen LogP contribution in [0.3, 0.4) is 0 Å². The fourth-order valence-electron chi connectivity index (χ4n) is 3.35. The zero-order valence-corrected chi connectivity index (χ0v) is 12.9. The molecular weight excluding hydrogens is 232 g/mol. The second kappa shape index (κ2) is 6.53. The summed E-state index contributed by atoms with van der Waals surface area (Å²) in [4.78, 5) is 2.52. The van der Waals surface area contributed by atoms with E-state index in [2.05, 4.69) is 56.2 Å². The van der Waals surface area contributed by atoms with E-state index in [1.54, 1.807) is 0 Å². The quantitative estimate of drug-likeness (QED) is 0.817. The van der Waals surface area contributed by atoms with Crippen molar-refractivity contribution < 1.29 is 0 Å². The predicted molar refractivity (Wildman–Crippen MR) is 82.6 cm³/mol. The average molecular weight is 260 g/mol. The molecule has 1 N–H and O–H groups in total. The Labute approximate surface area is 118 Å². The number of nitrogens with zero attached hydrogens (tertiary/aromatic N) is 1. The normalized spacial score (nSPS) is 24.0. The Kier molecular flexibility index (Phi) is 5.00. The average Bonchev–Trinajstić information content (AvgIpc) is 2.72. The van der Waals surface area contributed by atoms with Gasteiger partial charge < -0.3 is 5.32 Å². The molecular formula is C17H28N2. The van der Waals surface area contributed by atoms with Crippen LogP contribution in [0.5, 0.6) is 0 Å². The number of hydrogen-bond donors (Lipinski definition) is 1. The van der Waals surface area contributed by atoms with E-state index in [4.69, 9.17) is 0 Å². The summed E-state index contributed by atoms with van der Waals surface area (Å²) in [7, 11) is 2.27. The van der Waals surface area contributed by atoms with Crippen LogP contribution in [-0.4, -0.2) is 31.6 Å². The van der Waals surface area contributed by atoms with Crippen LogP contribution in [0.2, 0.25) is 0 Å². The van der Waals surface area contributed by atoms with Crippen molar-refractivity contribution in [2.75, 3.05) is 26.7 Å². The SMILES string of the molecule is CCCNCC1CCN(C)C1c1ccc(C)cc1C. The number of likely N-dealkylation sites (tertiary alicyclic amines) is 1. The lowest BCUT2D eigenvalue weighted by Gasteiger charge is -2.27. The Balaban J connectivity index is 2.14. The number of hydrogen-bond acceptors (Lipinski definition) is 2. The Morgan fingerprint density at radius 1 is 1.32 bits per heavy atom. The number of aryl methyl sites for hydroxylation is 2. The second-order valence-electron chi connectivity index (χ2n) is 6.04. The minimum atomic E-state index is 0.588. The summed E-state index contributed by atoms with van der Waals surface area (Å²) in [6.45, 7) is 10.2. The van der Waals surface area contributed by atoms with E-state index in [9.17, 15) is 0 Å². The maximum absolute atomic E-state index is 3.60. The molecule has 1 aliphatic rings. The summed E-state index contributed by atoms with van der Waals surface area (Å²) in [6, 6.07) is 7.50. The zero-order valence-electron chi connectivity index (χ0n) is 12.9. The van der Waals surface area contributed by atoms with E-state index in [-0.39, 0.29) is 0 Å². The molecule has 0 amide bonds. The Morgan fingerprint density at radius 3 is 2.79 bits per heavy atom. The van der Waals surface area contributed by atoms with E-state index < -0.39 is 0 Å². The molecule has 1 heterocycles. The van der Waals surface area contributed by atoms with Gasteiger partial charge in [-0.2, -0.15) is 0 Å². The van der Waals surface area contributed by atoms with Gasteiger partial charge in [-0.15, -0.1) is 0 Å². The molecule has 0 bridgehead atoms. The molecule has 2 rings (SSSR count). The standard InChI is InChI=1S/C17H28N2/c1-5-9-18-12-15-8-10-19(4)17(15)16-7-6-13(2)11-14(16)3/h6-7,11,15,17-18H,5,8-10,12H2,1-4H3. The third-order valence-corrected chi connectivity index (χ3v) is 4.35. The zero-order chi connectivity index (χ0) is 13.8. The number of rotatable bonds is 5. The molecule has 0 radical (unpaired) electrons. The van der Waals surface area contributed by atoms with Gasteiger partial charge in [0.15, 0.2) is 0 Å². The van der Waals surface area contributed by atoms with Gasteiger partial charge in [0, 0.05) is 6.04 Å². The largest absolute Gasteiger partial charge is 0.316 e. The molecule has 19 heavy (non-hydrogen) atoms. The first-order chi connectivity index (χ1) is 9.13. The molecule has 106 valence electrons. The van der Waals surface area contributed by atoms with E-state index in [1.807, 2.05) is 0 Å². The van der Waals surface area contributed by atoms with Crippen LogP contribution >= 0.6 is 0 Å². The van der Waals surface area contributed by atoms with Crippen molar-refractivity contribution in [1.29, 1.82) is 0 Å². The molecule has 0 aromatic heterocycles. The van der Waals surface area contributed by atoms with Gasteiger partial charge in [-0.25, -0.2) is 0 Å². The molecule has 0 aliphatic carbocycles. The Hall–Kier alpha value is -0.860. The first-order valence-corrected chi connectivity index (χ1v) is 7.61. The van der Waals surface area contributed by atoms with Crippen LogP contribution < -0.4 is 5.32 Å². The van der Waals surface area contributed by atoms with Crippen molar-refractivity contribution in [3.63, 3.8) is 0 Å². The summed E-state index contributed by atoms with van der Waals surface area (Å²) < 4.78 is 0. The summed E-state index contributed by atoms with van der Waals surface area (Å²) in [5.41, 5.74) is 4.33. The summed E-state index contributed by atoms with van der Waals surface area (Å²) in [6.07, 6.45) is 2.53. The number of nitrogens with one attached hydrogen (secondary N) is 1. The van der Waals surface area contributed by atoms with E-state index >= 15 is 0 Å². The predicted octanol–water partition coefficient (Wildman–Crippen LogP) is 3.30. The first-order valence-electron chi connectivity index (χ1n) is 7.61. The molecule has 0 saturated carbocycles. The second-order valence-corrected chi connectivity index (χ2v) is 6.04. The van der Waals surface area contributed by atoms with Crippen LogP contribution in [0, 0.1) is 19.8 Å². The highest BCUT2D eigenvalue weighted by molar-refractivity contribution is 5.33. The Bertz CT molecular complexity index is 414. The fraction of sp³-hybridized carbons (Fsp3) is 0.647. The molecule has 1 aliphatic heterocycles. The molecule has 2 nitrogen and oxygen atoms in total. The van der Waals surface area contributed by atoms with Crippen molar-refractivity contribution in [3.05, 3.63) is 34.9 Å². The maximum Gasteiger partial charge on any atom is 0.0388 e. The summed E-state index contributed by atoms with van der Waals surface area (Å²) in [5.74, 6) is 0.748. The van der Waals surface area contributed by atoms with Gasteiger partial charge in [0.25, 0.3) is 0 Å². The van der Waals surface area contributed by atoms with E-state index in [1.165, 1.54) is 36.1 Å². The molecule has 2 unspecified atom stereocenters. The molecule has 2 heteroatoms. The van der Waals surface area contributed by atoms with Crippen molar-refractivity contribution in [2.45, 2.75) is 39.7 Å². The van der Waals surface area contributed by atoms with Crippen LogP contribution in [0.4, 0.5) is 0 Å². The molecule has 2 atom stereocenters. The van der Waals surface area contributed by atoms with Crippen LogP contribution in [0.1, 0.15) is 42.5 Å². The topological polar surface area (TPSA) is 15.3 Å². The van der Waals surface area contributed by atoms with Crippen LogP contribution in [0.25, 0.3) is 0 Å². The number of benzene rings is 1. The van der Waals surface area contributed by atoms with Crippen LogP contribution in [-0.2, 0) is 0 Å². The van der Waals surface area contributed by atoms with Crippen LogP contribution in [0.15, 0.2) is 18.2 Å². The fourth-order valence-corrected chi connectivity index (χ4v) is 3.35. The molecule has 1 fully saturated rings. The maximum atomic E-state index is 3.60. The third-order valence-electron chi connectivity index (χ3n) is 4.35. The monoisotopic (exact) mass is 260 g/mol. The van der Waals surface area contributed by atoms with Gasteiger partial charge in [0.2, 0.25) is 0 Å². The molecule has 1 aromatic rings. The first kappa shape index (κ1) is 14.5. The smallest absolute Gasteiger partial charge is 0.0388 e. The highest BCUT2D eigenvalue weighted by atomic mass is 15.2. The summed E-state index contributed by atoms with van der Waals surface area (Å²) in [5, 5.41) is 3.60. The van der Waals surface area contributed by atoms with Crippen molar-refractivity contribution in [3.8, 4) is 0 Å². The highest BCUT2D eigenvalue weighted by Gasteiger charge is 2.33. The molecule has 0 spiro atoms. The van der Waals surface area contributed by atoms with E-state index in [0.29, 0.717) is 6.04 Å². The minimum absolute atomic E-state index is 0.588. The lowest BCUT2D eigenvalue weighted by atomic mass is 9.90. The van der Waals surface area contributed by atoms with Gasteiger partial charge in [0.1, 0.15) is 0 Å². The minimum Gasteiger partial charge on any atom is -0.316 e. The van der Waals surface area contributed by atoms with Crippen molar-refractivity contribution in [2.24, 2.45) is 5.92 Å². The van der Waals surface area contributed by atoms with Crippen molar-refractivity contribution in [1.82, 2.24) is 10.2 Å². The van der Waals surface area contributed by atoms with Gasteiger partial charge in [-0.05, 0) is 70.4 Å². The lowest BCUT2D eigenvalue weighted by molar-refractivity contribution is 0.271. The highest BCUT2D eigenvalue weighted by Crippen LogP contribution is 2.37. The third kappa shape index (κ3) is 3.37. The molecule has 1 aromatic carbocycles. The van der Waals surface area contributed by atoms with E-state index in [0.717, 1.165) is 19.0 Å². The molecule has 1 saturated heterocycles. The van der Waals surface area contributed by atoms with Crippen molar-refractivity contribution >= 4 is 0 Å². The van der Waals surface area contributed by atoms with Gasteiger partial charge in [0.05, 0.1) is 0 Å². The summed E-state index contributed by atoms with van der Waals surface area (Å²) >= 11 is 0. The van der Waals surface area contributed by atoms with Gasteiger partial charge in [-0.3, -0.25) is 4.90 Å². The lowest BCUT2D eigenvalue weighted by Crippen LogP contribution is -2.29. The van der Waals surface area contributed by atoms with Gasteiger partial charge in [-0.1, -0.05) is 30.7 Å². The van der Waals surface area contributed by atoms with Gasteiger partial charge >= 0.3 is 0 Å².